The lowest BCUT2D eigenvalue weighted by molar-refractivity contribution is 0.289. The van der Waals surface area contributed by atoms with Crippen molar-refractivity contribution in [2.75, 3.05) is 0 Å². The zero-order valence-corrected chi connectivity index (χ0v) is 10.9. The van der Waals surface area contributed by atoms with Crippen molar-refractivity contribution in [1.82, 2.24) is 5.32 Å². The molecule has 0 aliphatic heterocycles. The summed E-state index contributed by atoms with van der Waals surface area (Å²) in [6, 6.07) is 18.0. The second kappa shape index (κ2) is 5.54. The van der Waals surface area contributed by atoms with Crippen molar-refractivity contribution < 1.29 is 4.39 Å². The van der Waals surface area contributed by atoms with E-state index in [9.17, 15) is 4.39 Å². The standard InChI is InChI=1S/C17H18FN/c18-16-8-6-14(7-9-16)15-10-17(11-15)19-12-13-4-2-1-3-5-13/h1-9,15,17,19H,10-12H2. The highest BCUT2D eigenvalue weighted by Gasteiger charge is 2.29. The van der Waals surface area contributed by atoms with Crippen LogP contribution in [0.1, 0.15) is 29.9 Å². The Morgan fingerprint density at radius 2 is 1.63 bits per heavy atom. The molecule has 0 heterocycles. The quantitative estimate of drug-likeness (QED) is 0.874. The number of hydrogen-bond acceptors (Lipinski definition) is 1. The number of hydrogen-bond donors (Lipinski definition) is 1. The van der Waals surface area contributed by atoms with Gasteiger partial charge in [-0.05, 0) is 42.0 Å². The largest absolute Gasteiger partial charge is 0.310 e. The van der Waals surface area contributed by atoms with Gasteiger partial charge in [-0.2, -0.15) is 0 Å². The van der Waals surface area contributed by atoms with Crippen LogP contribution in [-0.2, 0) is 6.54 Å². The van der Waals surface area contributed by atoms with E-state index in [1.807, 2.05) is 18.2 Å². The van der Waals surface area contributed by atoms with Gasteiger partial charge in [0.15, 0.2) is 0 Å². The van der Waals surface area contributed by atoms with Crippen LogP contribution in [0, 0.1) is 5.82 Å². The van der Waals surface area contributed by atoms with Crippen LogP contribution in [0.25, 0.3) is 0 Å². The van der Waals surface area contributed by atoms with Crippen LogP contribution in [0.15, 0.2) is 54.6 Å². The van der Waals surface area contributed by atoms with Crippen molar-refractivity contribution >= 4 is 0 Å². The number of rotatable bonds is 4. The molecule has 0 bridgehead atoms. The molecule has 3 rings (SSSR count). The SMILES string of the molecule is Fc1ccc(C2CC(NCc3ccccc3)C2)cc1. The summed E-state index contributed by atoms with van der Waals surface area (Å²) < 4.78 is 12.8. The van der Waals surface area contributed by atoms with Gasteiger partial charge in [0.1, 0.15) is 5.82 Å². The zero-order chi connectivity index (χ0) is 13.1. The Morgan fingerprint density at radius 3 is 2.32 bits per heavy atom. The molecule has 1 fully saturated rings. The highest BCUT2D eigenvalue weighted by atomic mass is 19.1. The molecule has 0 unspecified atom stereocenters. The molecule has 1 saturated carbocycles. The van der Waals surface area contributed by atoms with Gasteiger partial charge in [-0.3, -0.25) is 0 Å². The van der Waals surface area contributed by atoms with E-state index in [4.69, 9.17) is 0 Å². The van der Waals surface area contributed by atoms with Crippen LogP contribution in [-0.4, -0.2) is 6.04 Å². The molecule has 0 amide bonds. The summed E-state index contributed by atoms with van der Waals surface area (Å²) in [5.74, 6) is 0.440. The maximum Gasteiger partial charge on any atom is 0.123 e. The van der Waals surface area contributed by atoms with Gasteiger partial charge in [0.25, 0.3) is 0 Å². The fourth-order valence-corrected chi connectivity index (χ4v) is 2.65. The van der Waals surface area contributed by atoms with E-state index in [2.05, 4.69) is 29.6 Å². The second-order valence-corrected chi connectivity index (χ2v) is 5.28. The predicted molar refractivity (Wildman–Crippen MR) is 75.4 cm³/mol. The van der Waals surface area contributed by atoms with Gasteiger partial charge in [0, 0.05) is 12.6 Å². The van der Waals surface area contributed by atoms with Crippen molar-refractivity contribution in [3.8, 4) is 0 Å². The highest BCUT2D eigenvalue weighted by Crippen LogP contribution is 2.36. The van der Waals surface area contributed by atoms with Crippen molar-refractivity contribution in [1.29, 1.82) is 0 Å². The Balaban J connectivity index is 1.47. The summed E-state index contributed by atoms with van der Waals surface area (Å²) in [5, 5.41) is 3.57. The minimum atomic E-state index is -0.151. The lowest BCUT2D eigenvalue weighted by Gasteiger charge is -2.36. The monoisotopic (exact) mass is 255 g/mol. The molecule has 0 saturated heterocycles. The maximum atomic E-state index is 12.8. The normalized spacial score (nSPS) is 21.9. The molecule has 0 spiro atoms. The zero-order valence-electron chi connectivity index (χ0n) is 10.9. The van der Waals surface area contributed by atoms with Crippen LogP contribution in [0.4, 0.5) is 4.39 Å². The Bertz CT molecular complexity index is 515. The lowest BCUT2D eigenvalue weighted by Crippen LogP contribution is -2.39. The number of nitrogens with one attached hydrogen (secondary N) is 1. The van der Waals surface area contributed by atoms with E-state index in [0.717, 1.165) is 19.4 Å². The summed E-state index contributed by atoms with van der Waals surface area (Å²) in [6.07, 6.45) is 2.30. The van der Waals surface area contributed by atoms with Gasteiger partial charge in [-0.1, -0.05) is 42.5 Å². The summed E-state index contributed by atoms with van der Waals surface area (Å²) in [7, 11) is 0. The molecule has 2 aromatic rings. The van der Waals surface area contributed by atoms with Gasteiger partial charge < -0.3 is 5.32 Å². The third kappa shape index (κ3) is 3.02. The third-order valence-corrected chi connectivity index (χ3v) is 3.92. The Labute approximate surface area is 113 Å². The Morgan fingerprint density at radius 1 is 0.947 bits per heavy atom. The topological polar surface area (TPSA) is 12.0 Å². The van der Waals surface area contributed by atoms with Crippen LogP contribution < -0.4 is 5.32 Å². The summed E-state index contributed by atoms with van der Waals surface area (Å²) in [4.78, 5) is 0. The molecule has 0 atom stereocenters. The molecule has 1 aliphatic carbocycles. The van der Waals surface area contributed by atoms with Crippen molar-refractivity contribution in [2.24, 2.45) is 0 Å². The van der Waals surface area contributed by atoms with E-state index in [1.54, 1.807) is 12.1 Å². The first kappa shape index (κ1) is 12.4. The molecule has 1 nitrogen and oxygen atoms in total. The predicted octanol–water partition coefficient (Wildman–Crippen LogP) is 3.86. The number of benzene rings is 2. The van der Waals surface area contributed by atoms with Crippen LogP contribution in [0.3, 0.4) is 0 Å². The summed E-state index contributed by atoms with van der Waals surface area (Å²) in [5.41, 5.74) is 2.59. The van der Waals surface area contributed by atoms with Crippen LogP contribution in [0.2, 0.25) is 0 Å². The first-order valence-corrected chi connectivity index (χ1v) is 6.84. The summed E-state index contributed by atoms with van der Waals surface area (Å²) >= 11 is 0. The molecule has 19 heavy (non-hydrogen) atoms. The molecular formula is C17H18FN. The minimum absolute atomic E-state index is 0.151. The Hall–Kier alpha value is -1.67. The fourth-order valence-electron chi connectivity index (χ4n) is 2.65. The average Bonchev–Trinajstić information content (AvgIpc) is 2.40. The van der Waals surface area contributed by atoms with Crippen molar-refractivity contribution in [3.05, 3.63) is 71.5 Å². The first-order valence-electron chi connectivity index (χ1n) is 6.84. The van der Waals surface area contributed by atoms with E-state index in [0.29, 0.717) is 12.0 Å². The van der Waals surface area contributed by atoms with Crippen LogP contribution >= 0.6 is 0 Å². The van der Waals surface area contributed by atoms with E-state index >= 15 is 0 Å². The van der Waals surface area contributed by atoms with E-state index in [1.165, 1.54) is 11.1 Å². The van der Waals surface area contributed by atoms with E-state index in [-0.39, 0.29) is 5.82 Å². The molecule has 0 radical (unpaired) electrons. The average molecular weight is 255 g/mol. The molecule has 1 N–H and O–H groups in total. The van der Waals surface area contributed by atoms with E-state index < -0.39 is 0 Å². The smallest absolute Gasteiger partial charge is 0.123 e. The van der Waals surface area contributed by atoms with Gasteiger partial charge in [0.2, 0.25) is 0 Å². The van der Waals surface area contributed by atoms with Crippen LogP contribution in [0.5, 0.6) is 0 Å². The molecular weight excluding hydrogens is 237 g/mol. The first-order chi connectivity index (χ1) is 9.31. The molecule has 0 aromatic heterocycles. The number of halogens is 1. The molecule has 2 heteroatoms. The van der Waals surface area contributed by atoms with Gasteiger partial charge in [-0.25, -0.2) is 4.39 Å². The Kier molecular flexibility index (Phi) is 3.60. The van der Waals surface area contributed by atoms with Gasteiger partial charge in [0.05, 0.1) is 0 Å². The summed E-state index contributed by atoms with van der Waals surface area (Å²) in [6.45, 7) is 0.932. The second-order valence-electron chi connectivity index (χ2n) is 5.28. The minimum Gasteiger partial charge on any atom is -0.310 e. The maximum absolute atomic E-state index is 12.8. The van der Waals surface area contributed by atoms with Crippen molar-refractivity contribution in [2.45, 2.75) is 31.3 Å². The van der Waals surface area contributed by atoms with Gasteiger partial charge in [-0.15, -0.1) is 0 Å². The fraction of sp³-hybridized carbons (Fsp3) is 0.294. The highest BCUT2D eigenvalue weighted by molar-refractivity contribution is 5.23. The van der Waals surface area contributed by atoms with Gasteiger partial charge >= 0.3 is 0 Å². The molecule has 2 aromatic carbocycles. The molecule has 98 valence electrons. The molecule has 1 aliphatic rings. The van der Waals surface area contributed by atoms with Crippen molar-refractivity contribution in [3.63, 3.8) is 0 Å². The third-order valence-electron chi connectivity index (χ3n) is 3.92. The lowest BCUT2D eigenvalue weighted by atomic mass is 9.76.